The second kappa shape index (κ2) is 7.36. The zero-order valence-electron chi connectivity index (χ0n) is 14.6. The van der Waals surface area contributed by atoms with Crippen LogP contribution in [-0.2, 0) is 9.53 Å². The number of aromatic nitrogens is 1. The van der Waals surface area contributed by atoms with Gasteiger partial charge in [0.1, 0.15) is 4.88 Å². The first-order valence-corrected chi connectivity index (χ1v) is 9.32. The SMILES string of the molecule is CCOC(=O)C1CN(C(=O)c2cncs2)CC12CN(/C(N)=C/C=C\N)C2. The lowest BCUT2D eigenvalue weighted by Gasteiger charge is -2.51. The number of carbonyl (C=O) groups is 2. The number of esters is 1. The molecule has 9 heteroatoms. The van der Waals surface area contributed by atoms with Crippen LogP contribution in [0.15, 0.2) is 35.9 Å². The first kappa shape index (κ1) is 18.2. The van der Waals surface area contributed by atoms with E-state index in [4.69, 9.17) is 16.2 Å². The summed E-state index contributed by atoms with van der Waals surface area (Å²) in [6.07, 6.45) is 6.36. The number of ether oxygens (including phenoxy) is 1. The highest BCUT2D eigenvalue weighted by Crippen LogP contribution is 2.45. The monoisotopic (exact) mass is 377 g/mol. The molecule has 0 bridgehead atoms. The van der Waals surface area contributed by atoms with E-state index < -0.39 is 0 Å². The van der Waals surface area contributed by atoms with Crippen LogP contribution >= 0.6 is 11.3 Å². The van der Waals surface area contributed by atoms with Gasteiger partial charge < -0.3 is 26.0 Å². The fourth-order valence-corrected chi connectivity index (χ4v) is 4.23. The van der Waals surface area contributed by atoms with Gasteiger partial charge >= 0.3 is 5.97 Å². The van der Waals surface area contributed by atoms with Crippen molar-refractivity contribution < 1.29 is 14.3 Å². The summed E-state index contributed by atoms with van der Waals surface area (Å²) in [5.74, 6) is -0.108. The van der Waals surface area contributed by atoms with Crippen LogP contribution in [0, 0.1) is 11.3 Å². The molecule has 3 heterocycles. The molecule has 8 nitrogen and oxygen atoms in total. The molecule has 0 aromatic carbocycles. The molecule has 2 saturated heterocycles. The van der Waals surface area contributed by atoms with Gasteiger partial charge in [-0.1, -0.05) is 0 Å². The van der Waals surface area contributed by atoms with Crippen LogP contribution in [0.2, 0.25) is 0 Å². The second-order valence-corrected chi connectivity index (χ2v) is 7.44. The second-order valence-electron chi connectivity index (χ2n) is 6.55. The quantitative estimate of drug-likeness (QED) is 0.562. The Kier molecular flexibility index (Phi) is 5.17. The summed E-state index contributed by atoms with van der Waals surface area (Å²) in [4.78, 5) is 33.4. The minimum Gasteiger partial charge on any atom is -0.466 e. The number of amides is 1. The molecule has 3 rings (SSSR count). The Labute approximate surface area is 156 Å². The minimum absolute atomic E-state index is 0.0910. The zero-order valence-corrected chi connectivity index (χ0v) is 15.4. The topological polar surface area (TPSA) is 115 Å². The Balaban J connectivity index is 1.76. The summed E-state index contributed by atoms with van der Waals surface area (Å²) in [5.41, 5.74) is 12.7. The molecule has 2 aliphatic rings. The summed E-state index contributed by atoms with van der Waals surface area (Å²) in [6, 6.07) is 0. The van der Waals surface area contributed by atoms with Crippen molar-refractivity contribution in [2.45, 2.75) is 6.92 Å². The predicted octanol–water partition coefficient (Wildman–Crippen LogP) is 0.353. The average Bonchev–Trinajstić information content (AvgIpc) is 3.25. The number of likely N-dealkylation sites (tertiary alicyclic amines) is 2. The molecule has 1 spiro atoms. The Morgan fingerprint density at radius 3 is 2.77 bits per heavy atom. The molecular formula is C17H23N5O3S. The summed E-state index contributed by atoms with van der Waals surface area (Å²) >= 11 is 1.30. The van der Waals surface area contributed by atoms with Crippen LogP contribution in [0.3, 0.4) is 0 Å². The van der Waals surface area contributed by atoms with Crippen molar-refractivity contribution in [3.8, 4) is 0 Å². The fourth-order valence-electron chi connectivity index (χ4n) is 3.64. The van der Waals surface area contributed by atoms with Gasteiger partial charge in [0.15, 0.2) is 0 Å². The molecule has 2 aliphatic heterocycles. The van der Waals surface area contributed by atoms with E-state index in [-0.39, 0.29) is 23.2 Å². The molecule has 1 aromatic heterocycles. The lowest BCUT2D eigenvalue weighted by molar-refractivity contribution is -0.155. The number of hydrogen-bond acceptors (Lipinski definition) is 8. The highest BCUT2D eigenvalue weighted by Gasteiger charge is 2.58. The van der Waals surface area contributed by atoms with Crippen LogP contribution in [-0.4, -0.2) is 59.4 Å². The maximum Gasteiger partial charge on any atom is 0.311 e. The van der Waals surface area contributed by atoms with Crippen molar-refractivity contribution in [2.75, 3.05) is 32.8 Å². The Morgan fingerprint density at radius 1 is 1.42 bits per heavy atom. The molecule has 1 amide bonds. The normalized spacial score (nSPS) is 22.0. The van der Waals surface area contributed by atoms with Gasteiger partial charge in [0.2, 0.25) is 0 Å². The predicted molar refractivity (Wildman–Crippen MR) is 97.7 cm³/mol. The molecule has 1 aromatic rings. The highest BCUT2D eigenvalue weighted by molar-refractivity contribution is 7.11. The third kappa shape index (κ3) is 3.26. The standard InChI is InChI=1S/C17H23N5O3S/c1-2-25-16(24)12-7-21(15(23)13-6-20-11-26-13)8-17(12)9-22(10-17)14(19)4-3-5-18/h3-6,11-12H,2,7-10,18-19H2,1H3/b5-3-,14-4+. The van der Waals surface area contributed by atoms with E-state index in [9.17, 15) is 9.59 Å². The summed E-state index contributed by atoms with van der Waals surface area (Å²) in [7, 11) is 0. The van der Waals surface area contributed by atoms with Gasteiger partial charge in [0, 0.05) is 31.6 Å². The molecule has 2 fully saturated rings. The Hall–Kier alpha value is -2.55. The lowest BCUT2D eigenvalue weighted by atomic mass is 9.71. The molecule has 0 radical (unpaired) electrons. The number of nitrogens with two attached hydrogens (primary N) is 2. The van der Waals surface area contributed by atoms with E-state index in [0.29, 0.717) is 43.5 Å². The van der Waals surface area contributed by atoms with Crippen molar-refractivity contribution in [3.63, 3.8) is 0 Å². The largest absolute Gasteiger partial charge is 0.466 e. The molecule has 140 valence electrons. The third-order valence-corrected chi connectivity index (χ3v) is 5.67. The summed E-state index contributed by atoms with van der Waals surface area (Å²) in [6.45, 7) is 4.17. The van der Waals surface area contributed by atoms with E-state index in [1.165, 1.54) is 17.5 Å². The average molecular weight is 377 g/mol. The van der Waals surface area contributed by atoms with Gasteiger partial charge in [-0.3, -0.25) is 14.6 Å². The maximum atomic E-state index is 12.7. The van der Waals surface area contributed by atoms with E-state index in [2.05, 4.69) is 4.98 Å². The minimum atomic E-state index is -0.353. The summed E-state index contributed by atoms with van der Waals surface area (Å²) < 4.78 is 5.26. The number of carbonyl (C=O) groups excluding carboxylic acids is 2. The van der Waals surface area contributed by atoms with Crippen molar-refractivity contribution in [1.82, 2.24) is 14.8 Å². The first-order valence-electron chi connectivity index (χ1n) is 8.44. The summed E-state index contributed by atoms with van der Waals surface area (Å²) in [5, 5.41) is 0. The zero-order chi connectivity index (χ0) is 18.7. The van der Waals surface area contributed by atoms with Gasteiger partial charge in [0.05, 0.1) is 30.1 Å². The number of nitrogens with zero attached hydrogens (tertiary/aromatic N) is 3. The van der Waals surface area contributed by atoms with Crippen LogP contribution in [0.4, 0.5) is 0 Å². The highest BCUT2D eigenvalue weighted by atomic mass is 32.1. The van der Waals surface area contributed by atoms with E-state index in [1.54, 1.807) is 35.7 Å². The van der Waals surface area contributed by atoms with E-state index in [0.717, 1.165) is 0 Å². The van der Waals surface area contributed by atoms with Crippen LogP contribution < -0.4 is 11.5 Å². The molecule has 26 heavy (non-hydrogen) atoms. The van der Waals surface area contributed by atoms with Crippen molar-refractivity contribution in [1.29, 1.82) is 0 Å². The lowest BCUT2D eigenvalue weighted by Crippen LogP contribution is -2.62. The molecule has 1 atom stereocenters. The van der Waals surface area contributed by atoms with Gasteiger partial charge in [-0.2, -0.15) is 0 Å². The third-order valence-electron chi connectivity index (χ3n) is 4.90. The van der Waals surface area contributed by atoms with E-state index >= 15 is 0 Å². The Morgan fingerprint density at radius 2 is 2.15 bits per heavy atom. The molecule has 0 aliphatic carbocycles. The number of hydrogen-bond donors (Lipinski definition) is 2. The van der Waals surface area contributed by atoms with Gasteiger partial charge in [0.25, 0.3) is 5.91 Å². The first-order chi connectivity index (χ1) is 12.5. The molecule has 0 saturated carbocycles. The molecule has 4 N–H and O–H groups in total. The van der Waals surface area contributed by atoms with Crippen LogP contribution in [0.5, 0.6) is 0 Å². The maximum absolute atomic E-state index is 12.7. The Bertz CT molecular complexity index is 725. The van der Waals surface area contributed by atoms with Crippen LogP contribution in [0.25, 0.3) is 0 Å². The molecular weight excluding hydrogens is 354 g/mol. The van der Waals surface area contributed by atoms with Crippen molar-refractivity contribution in [2.24, 2.45) is 22.8 Å². The fraction of sp³-hybridized carbons (Fsp3) is 0.471. The van der Waals surface area contributed by atoms with Crippen LogP contribution in [0.1, 0.15) is 16.6 Å². The van der Waals surface area contributed by atoms with Crippen molar-refractivity contribution >= 4 is 23.2 Å². The molecule has 1 unspecified atom stereocenters. The van der Waals surface area contributed by atoms with Crippen molar-refractivity contribution in [3.05, 3.63) is 40.8 Å². The number of rotatable bonds is 5. The smallest absolute Gasteiger partial charge is 0.311 e. The van der Waals surface area contributed by atoms with Gasteiger partial charge in [-0.15, -0.1) is 11.3 Å². The van der Waals surface area contributed by atoms with Gasteiger partial charge in [-0.25, -0.2) is 0 Å². The number of thiazole rings is 1. The van der Waals surface area contributed by atoms with E-state index in [1.807, 2.05) is 4.90 Å². The van der Waals surface area contributed by atoms with Gasteiger partial charge in [-0.05, 0) is 25.3 Å². The number of allylic oxidation sites excluding steroid dienone is 2.